The molecule has 1 aliphatic rings. The minimum absolute atomic E-state index is 0.00602. The molecule has 1 saturated heterocycles. The number of hydrogen-bond acceptors (Lipinski definition) is 2. The molecule has 3 nitrogen and oxygen atoms in total. The number of nitrogens with zero attached hydrogens (tertiary/aromatic N) is 2. The fourth-order valence-corrected chi connectivity index (χ4v) is 1.40. The molecule has 0 unspecified atom stereocenters. The van der Waals surface area contributed by atoms with Crippen LogP contribution in [0, 0.1) is 11.3 Å². The van der Waals surface area contributed by atoms with E-state index in [1.807, 2.05) is 19.9 Å². The fraction of sp³-hybridized carbons (Fsp3) is 0.750. The number of rotatable bonds is 2. The Morgan fingerprint density at radius 2 is 2.36 bits per heavy atom. The van der Waals surface area contributed by atoms with E-state index in [1.165, 1.54) is 0 Å². The Morgan fingerprint density at radius 3 is 2.73 bits per heavy atom. The van der Waals surface area contributed by atoms with Crippen LogP contribution in [-0.2, 0) is 4.79 Å². The van der Waals surface area contributed by atoms with Crippen LogP contribution in [0.15, 0.2) is 0 Å². The second-order valence-electron chi connectivity index (χ2n) is 3.44. The predicted octanol–water partition coefficient (Wildman–Crippen LogP) is 0.911. The lowest BCUT2D eigenvalue weighted by atomic mass is 9.88. The fourth-order valence-electron chi connectivity index (χ4n) is 1.40. The summed E-state index contributed by atoms with van der Waals surface area (Å²) in [6.45, 7) is 4.62. The second-order valence-corrected chi connectivity index (χ2v) is 3.44. The van der Waals surface area contributed by atoms with Crippen molar-refractivity contribution in [1.82, 2.24) is 4.90 Å². The summed E-state index contributed by atoms with van der Waals surface area (Å²) in [6.07, 6.45) is 1.06. The third-order valence-electron chi connectivity index (χ3n) is 2.06. The summed E-state index contributed by atoms with van der Waals surface area (Å²) in [5.74, 6) is 0.172. The normalized spacial score (nSPS) is 20.8. The van der Waals surface area contributed by atoms with Crippen molar-refractivity contribution in [3.63, 3.8) is 0 Å². The van der Waals surface area contributed by atoms with Gasteiger partial charge in [0.15, 0.2) is 0 Å². The maximum atomic E-state index is 11.0. The number of likely N-dealkylation sites (tertiary alicyclic amines) is 1. The van der Waals surface area contributed by atoms with Crippen LogP contribution in [0.25, 0.3) is 0 Å². The van der Waals surface area contributed by atoms with Crippen LogP contribution < -0.4 is 0 Å². The van der Waals surface area contributed by atoms with Crippen LogP contribution in [0.5, 0.6) is 0 Å². The number of nitriles is 1. The van der Waals surface area contributed by atoms with E-state index in [4.69, 9.17) is 5.26 Å². The third kappa shape index (κ3) is 1.35. The molecule has 1 aliphatic heterocycles. The van der Waals surface area contributed by atoms with Crippen LogP contribution >= 0.6 is 0 Å². The molecule has 3 heteroatoms. The molecular formula is C8H12N2O. The van der Waals surface area contributed by atoms with Gasteiger partial charge >= 0.3 is 0 Å². The van der Waals surface area contributed by atoms with Gasteiger partial charge in [-0.2, -0.15) is 5.26 Å². The van der Waals surface area contributed by atoms with Crippen molar-refractivity contribution in [2.45, 2.75) is 32.2 Å². The molecule has 0 aromatic heterocycles. The van der Waals surface area contributed by atoms with E-state index in [1.54, 1.807) is 4.90 Å². The topological polar surface area (TPSA) is 44.1 Å². The summed E-state index contributed by atoms with van der Waals surface area (Å²) in [6, 6.07) is 2.03. The first kappa shape index (κ1) is 8.06. The van der Waals surface area contributed by atoms with Crippen molar-refractivity contribution in [1.29, 1.82) is 5.26 Å². The van der Waals surface area contributed by atoms with Crippen molar-refractivity contribution in [2.24, 2.45) is 0 Å². The molecule has 0 radical (unpaired) electrons. The Morgan fingerprint density at radius 1 is 1.73 bits per heavy atom. The highest BCUT2D eigenvalue weighted by Crippen LogP contribution is 2.30. The Kier molecular flexibility index (Phi) is 1.86. The van der Waals surface area contributed by atoms with E-state index in [-0.39, 0.29) is 11.4 Å². The summed E-state index contributed by atoms with van der Waals surface area (Å²) in [7, 11) is 0. The summed E-state index contributed by atoms with van der Waals surface area (Å²) in [5, 5.41) is 8.30. The van der Waals surface area contributed by atoms with Gasteiger partial charge in [-0.1, -0.05) is 0 Å². The predicted molar refractivity (Wildman–Crippen MR) is 40.6 cm³/mol. The quantitative estimate of drug-likeness (QED) is 0.552. The summed E-state index contributed by atoms with van der Waals surface area (Å²) >= 11 is 0. The Balaban J connectivity index is 2.45. The summed E-state index contributed by atoms with van der Waals surface area (Å²) < 4.78 is 0. The monoisotopic (exact) mass is 152 g/mol. The van der Waals surface area contributed by atoms with Gasteiger partial charge in [0.05, 0.1) is 12.5 Å². The molecule has 0 saturated carbocycles. The summed E-state index contributed by atoms with van der Waals surface area (Å²) in [5.41, 5.74) is -0.00602. The minimum Gasteiger partial charge on any atom is -0.336 e. The third-order valence-corrected chi connectivity index (χ3v) is 2.06. The van der Waals surface area contributed by atoms with Gasteiger partial charge in [-0.05, 0) is 13.8 Å². The highest BCUT2D eigenvalue weighted by molar-refractivity contribution is 5.84. The molecule has 60 valence electrons. The maximum Gasteiger partial charge on any atom is 0.225 e. The first-order valence-electron chi connectivity index (χ1n) is 3.75. The van der Waals surface area contributed by atoms with Crippen molar-refractivity contribution in [3.8, 4) is 6.07 Å². The zero-order valence-corrected chi connectivity index (χ0v) is 6.92. The molecule has 0 aliphatic carbocycles. The van der Waals surface area contributed by atoms with Crippen molar-refractivity contribution >= 4 is 5.91 Å². The highest BCUT2D eigenvalue weighted by atomic mass is 16.2. The first-order valence-corrected chi connectivity index (χ1v) is 3.75. The smallest absolute Gasteiger partial charge is 0.225 e. The van der Waals surface area contributed by atoms with Gasteiger partial charge < -0.3 is 4.90 Å². The van der Waals surface area contributed by atoms with Crippen molar-refractivity contribution < 1.29 is 4.79 Å². The SMILES string of the molecule is CC1(C)CC(=O)N1CCC#N. The molecule has 0 aromatic carbocycles. The Labute approximate surface area is 66.6 Å². The average Bonchev–Trinajstić information content (AvgIpc) is 1.86. The number of β-lactam (4-membered cyclic amide) rings is 1. The van der Waals surface area contributed by atoms with E-state index in [9.17, 15) is 4.79 Å². The molecular weight excluding hydrogens is 140 g/mol. The number of amides is 1. The molecule has 1 rings (SSSR count). The van der Waals surface area contributed by atoms with Crippen molar-refractivity contribution in [3.05, 3.63) is 0 Å². The van der Waals surface area contributed by atoms with Crippen LogP contribution in [0.1, 0.15) is 26.7 Å². The lowest BCUT2D eigenvalue weighted by Gasteiger charge is -2.47. The molecule has 0 bridgehead atoms. The first-order chi connectivity index (χ1) is 5.08. The highest BCUT2D eigenvalue weighted by Gasteiger charge is 2.42. The standard InChI is InChI=1S/C8H12N2O/c1-8(2)6-7(11)10(8)5-3-4-9/h3,5-6H2,1-2H3. The second kappa shape index (κ2) is 2.54. The van der Waals surface area contributed by atoms with E-state index >= 15 is 0 Å². The molecule has 11 heavy (non-hydrogen) atoms. The molecule has 0 atom stereocenters. The maximum absolute atomic E-state index is 11.0. The molecule has 1 amide bonds. The van der Waals surface area contributed by atoms with Gasteiger partial charge in [0, 0.05) is 18.5 Å². The van der Waals surface area contributed by atoms with Gasteiger partial charge in [-0.25, -0.2) is 0 Å². The molecule has 0 N–H and O–H groups in total. The van der Waals surface area contributed by atoms with Gasteiger partial charge in [0.25, 0.3) is 0 Å². The summed E-state index contributed by atoms with van der Waals surface area (Å²) in [4.78, 5) is 12.7. The minimum atomic E-state index is -0.00602. The van der Waals surface area contributed by atoms with Crippen LogP contribution in [-0.4, -0.2) is 22.9 Å². The van der Waals surface area contributed by atoms with E-state index < -0.39 is 0 Å². The lowest BCUT2D eigenvalue weighted by Crippen LogP contribution is -2.59. The average molecular weight is 152 g/mol. The molecule has 1 heterocycles. The van der Waals surface area contributed by atoms with Gasteiger partial charge in [0.1, 0.15) is 0 Å². The van der Waals surface area contributed by atoms with Gasteiger partial charge in [-0.15, -0.1) is 0 Å². The van der Waals surface area contributed by atoms with Gasteiger partial charge in [-0.3, -0.25) is 4.79 Å². The number of carbonyl (C=O) groups excluding carboxylic acids is 1. The largest absolute Gasteiger partial charge is 0.336 e. The Hall–Kier alpha value is -1.04. The molecule has 0 spiro atoms. The number of hydrogen-bond donors (Lipinski definition) is 0. The van der Waals surface area contributed by atoms with E-state index in [0.29, 0.717) is 19.4 Å². The Bertz CT molecular complexity index is 215. The zero-order valence-electron chi connectivity index (χ0n) is 6.92. The van der Waals surface area contributed by atoms with Crippen LogP contribution in [0.4, 0.5) is 0 Å². The zero-order chi connectivity index (χ0) is 8.48. The van der Waals surface area contributed by atoms with Crippen LogP contribution in [0.2, 0.25) is 0 Å². The van der Waals surface area contributed by atoms with Gasteiger partial charge in [0.2, 0.25) is 5.91 Å². The van der Waals surface area contributed by atoms with Crippen molar-refractivity contribution in [2.75, 3.05) is 6.54 Å². The number of carbonyl (C=O) groups is 1. The van der Waals surface area contributed by atoms with E-state index in [2.05, 4.69) is 0 Å². The molecule has 1 fully saturated rings. The van der Waals surface area contributed by atoms with E-state index in [0.717, 1.165) is 0 Å². The lowest BCUT2D eigenvalue weighted by molar-refractivity contribution is -0.153. The van der Waals surface area contributed by atoms with Crippen LogP contribution in [0.3, 0.4) is 0 Å². The molecule has 0 aromatic rings.